The third kappa shape index (κ3) is 8.52. The number of likely N-dealkylation sites (tertiary alicyclic amines) is 2. The molecule has 8 bridgehead atoms. The molecule has 15 heteroatoms. The highest BCUT2D eigenvalue weighted by atomic mass is 19.1. The topological polar surface area (TPSA) is 192 Å². The number of nitrogens with two attached hydrogens (primary N) is 1. The van der Waals surface area contributed by atoms with E-state index in [0.717, 1.165) is 77.0 Å². The zero-order valence-corrected chi connectivity index (χ0v) is 32.2. The second-order valence-electron chi connectivity index (χ2n) is 18.1. The van der Waals surface area contributed by atoms with Gasteiger partial charge in [-0.05, 0) is 125 Å². The summed E-state index contributed by atoms with van der Waals surface area (Å²) < 4.78 is 24.1. The zero-order chi connectivity index (χ0) is 39.9. The largest absolute Gasteiger partial charge is 0.446 e. The molecule has 0 spiro atoms. The van der Waals surface area contributed by atoms with Gasteiger partial charge in [-0.2, -0.15) is 9.65 Å². The predicted octanol–water partition coefficient (Wildman–Crippen LogP) is 5.38. The zero-order valence-electron chi connectivity index (χ0n) is 32.2. The van der Waals surface area contributed by atoms with Gasteiger partial charge < -0.3 is 40.5 Å². The van der Waals surface area contributed by atoms with Crippen molar-refractivity contribution in [1.82, 2.24) is 19.8 Å². The van der Waals surface area contributed by atoms with Gasteiger partial charge in [-0.25, -0.2) is 24.4 Å². The van der Waals surface area contributed by atoms with Crippen LogP contribution in [0, 0.1) is 59.4 Å². The fraction of sp³-hybridized carbons (Fsp3) is 0.667. The van der Waals surface area contributed by atoms with Crippen LogP contribution in [0.3, 0.4) is 0 Å². The maximum atomic E-state index is 12.8. The number of aromatic nitrogens is 2. The van der Waals surface area contributed by atoms with Gasteiger partial charge >= 0.3 is 12.2 Å². The van der Waals surface area contributed by atoms with Crippen LogP contribution >= 0.6 is 0 Å². The van der Waals surface area contributed by atoms with Crippen LogP contribution in [0.25, 0.3) is 4.85 Å². The van der Waals surface area contributed by atoms with Crippen molar-refractivity contribution in [2.75, 3.05) is 31.5 Å². The van der Waals surface area contributed by atoms with Crippen LogP contribution in [-0.4, -0.2) is 104 Å². The van der Waals surface area contributed by atoms with Crippen LogP contribution < -0.4 is 11.1 Å². The summed E-state index contributed by atoms with van der Waals surface area (Å²) in [4.78, 5) is 38.9. The highest BCUT2D eigenvalue weighted by molar-refractivity contribution is 5.69. The molecule has 57 heavy (non-hydrogen) atoms. The minimum Gasteiger partial charge on any atom is -0.446 e. The van der Waals surface area contributed by atoms with Gasteiger partial charge in [0.25, 0.3) is 0 Å². The number of aliphatic hydroxyl groups is 2. The van der Waals surface area contributed by atoms with E-state index in [2.05, 4.69) is 26.2 Å². The number of hydrogen-bond acceptors (Lipinski definition) is 11. The summed E-state index contributed by atoms with van der Waals surface area (Å²) in [6.07, 6.45) is 13.7. The molecule has 4 heterocycles. The van der Waals surface area contributed by atoms with Crippen molar-refractivity contribution >= 4 is 23.7 Å². The molecule has 0 aromatic carbocycles. The molecule has 2 amide bonds. The van der Waals surface area contributed by atoms with Crippen LogP contribution in [0.4, 0.5) is 25.5 Å². The predicted molar refractivity (Wildman–Crippen MR) is 205 cm³/mol. The Morgan fingerprint density at radius 3 is 1.86 bits per heavy atom. The normalized spacial score (nSPS) is 37.6. The first-order valence-electron chi connectivity index (χ1n) is 20.6. The Morgan fingerprint density at radius 1 is 0.860 bits per heavy atom. The van der Waals surface area contributed by atoms with Gasteiger partial charge in [0.2, 0.25) is 11.6 Å². The molecule has 2 aromatic rings. The first kappa shape index (κ1) is 39.3. The Labute approximate surface area is 332 Å². The number of amides is 2. The van der Waals surface area contributed by atoms with Gasteiger partial charge in [-0.15, -0.1) is 0 Å². The molecular formula is C42H53FN8O6. The number of carbonyl (C=O) groups excluding carboxylic acids is 2. The summed E-state index contributed by atoms with van der Waals surface area (Å²) in [5.41, 5.74) is 5.35. The number of nitriles is 1. The second-order valence-corrected chi connectivity index (χ2v) is 18.1. The minimum absolute atomic E-state index is 0.0242. The third-order valence-corrected chi connectivity index (χ3v) is 13.8. The summed E-state index contributed by atoms with van der Waals surface area (Å²) >= 11 is 0. The Morgan fingerprint density at radius 2 is 1.39 bits per heavy atom. The number of hydrogen-bond donors (Lipinski definition) is 4. The van der Waals surface area contributed by atoms with Crippen molar-refractivity contribution in [3.8, 4) is 6.07 Å². The number of ether oxygens (including phenoxy) is 2. The molecule has 5 N–H and O–H groups in total. The van der Waals surface area contributed by atoms with Crippen LogP contribution in [-0.2, 0) is 9.47 Å². The fourth-order valence-electron chi connectivity index (χ4n) is 11.9. The van der Waals surface area contributed by atoms with E-state index < -0.39 is 17.1 Å². The molecule has 10 fully saturated rings. The average molecular weight is 785 g/mol. The summed E-state index contributed by atoms with van der Waals surface area (Å²) in [7, 11) is 0. The molecule has 12 rings (SSSR count). The van der Waals surface area contributed by atoms with Crippen LogP contribution in [0.5, 0.6) is 0 Å². The first-order chi connectivity index (χ1) is 27.4. The molecular weight excluding hydrogens is 732 g/mol. The van der Waals surface area contributed by atoms with Crippen LogP contribution in [0.15, 0.2) is 36.7 Å². The lowest BCUT2D eigenvalue weighted by Crippen LogP contribution is -2.58. The summed E-state index contributed by atoms with van der Waals surface area (Å²) in [6, 6.07) is 8.68. The Balaban J connectivity index is 0.000000136. The lowest BCUT2D eigenvalue weighted by molar-refractivity contribution is -0.177. The van der Waals surface area contributed by atoms with Crippen LogP contribution in [0.2, 0.25) is 0 Å². The van der Waals surface area contributed by atoms with Crippen molar-refractivity contribution in [2.24, 2.45) is 41.2 Å². The number of pyridine rings is 2. The molecule has 14 nitrogen and oxygen atoms in total. The van der Waals surface area contributed by atoms with Crippen molar-refractivity contribution < 1.29 is 33.7 Å². The molecule has 8 saturated carbocycles. The molecule has 4 unspecified atom stereocenters. The van der Waals surface area contributed by atoms with E-state index >= 15 is 0 Å². The number of halogens is 1. The van der Waals surface area contributed by atoms with E-state index in [1.54, 1.807) is 28.1 Å². The van der Waals surface area contributed by atoms with Crippen molar-refractivity contribution in [3.05, 3.63) is 59.6 Å². The smallest absolute Gasteiger partial charge is 0.410 e. The van der Waals surface area contributed by atoms with Gasteiger partial charge in [0.1, 0.15) is 24.1 Å². The van der Waals surface area contributed by atoms with E-state index in [-0.39, 0.29) is 42.2 Å². The van der Waals surface area contributed by atoms with Crippen molar-refractivity contribution in [2.45, 2.75) is 113 Å². The quantitative estimate of drug-likeness (QED) is 0.230. The highest BCUT2D eigenvalue weighted by Crippen LogP contribution is 2.58. The number of nitrogens with zero attached hydrogens (tertiary/aromatic N) is 6. The average Bonchev–Trinajstić information content (AvgIpc) is 3.83. The van der Waals surface area contributed by atoms with Crippen molar-refractivity contribution in [1.29, 1.82) is 5.26 Å². The molecule has 0 radical (unpaired) electrons. The van der Waals surface area contributed by atoms with E-state index in [9.17, 15) is 29.5 Å². The van der Waals surface area contributed by atoms with Crippen LogP contribution in [0.1, 0.15) is 82.6 Å². The molecule has 2 aromatic heterocycles. The molecule has 2 aliphatic heterocycles. The maximum Gasteiger partial charge on any atom is 0.410 e. The highest BCUT2D eigenvalue weighted by Gasteiger charge is 2.57. The van der Waals surface area contributed by atoms with E-state index in [4.69, 9.17) is 21.8 Å². The van der Waals surface area contributed by atoms with E-state index in [0.29, 0.717) is 73.1 Å². The summed E-state index contributed by atoms with van der Waals surface area (Å²) in [6.45, 7) is 8.95. The van der Waals surface area contributed by atoms with E-state index in [1.807, 2.05) is 0 Å². The Kier molecular flexibility index (Phi) is 11.0. The molecule has 304 valence electrons. The fourth-order valence-corrected chi connectivity index (χ4v) is 11.9. The Hall–Kier alpha value is -4.57. The summed E-state index contributed by atoms with van der Waals surface area (Å²) in [5.74, 6) is 2.47. The molecule has 10 aliphatic rings. The maximum absolute atomic E-state index is 12.8. The van der Waals surface area contributed by atoms with Gasteiger partial charge in [0.15, 0.2) is 0 Å². The van der Waals surface area contributed by atoms with Crippen molar-refractivity contribution in [3.63, 3.8) is 0 Å². The van der Waals surface area contributed by atoms with Gasteiger partial charge in [-0.1, -0.05) is 12.1 Å². The monoisotopic (exact) mass is 784 g/mol. The lowest BCUT2D eigenvalue weighted by atomic mass is 9.53. The van der Waals surface area contributed by atoms with Gasteiger partial charge in [0, 0.05) is 50.7 Å². The third-order valence-electron chi connectivity index (χ3n) is 13.8. The summed E-state index contributed by atoms with van der Waals surface area (Å²) in [5, 5.41) is 33.7. The van der Waals surface area contributed by atoms with E-state index in [1.165, 1.54) is 18.3 Å². The molecule has 8 aliphatic carbocycles. The molecule has 6 atom stereocenters. The number of rotatable bonds is 4. The van der Waals surface area contributed by atoms with Gasteiger partial charge in [-0.3, -0.25) is 0 Å². The molecule has 2 saturated heterocycles. The number of anilines is 1. The number of carbonyl (C=O) groups is 2. The number of nitrogens with one attached hydrogen (secondary N) is 1. The standard InChI is InChI=1S/C21H26N4O3.C15H24N2O3.C6H3FN2/c22-11-14-2-1-4-23-19(14)24-17-3-5-25(12-17)20(26)28-18-15-6-13-7-16(18)10-21(27,8-13)9-15;16-12-1-2-17(8-12)14(18)20-13-10-3-9-4-11(13)7-15(19,5-9)6-10;1-8-5-3-2-4-9-6(5)7/h1-2,4,13,15-18,27H,3,5-10,12H2,(H,23,24);9-13,19H,1-8,16H2;2-4H/t13?,15?,16?,17-,18?,21?;9?,10?,11?,12-,13?,15?;/m11./s1. The Bertz CT molecular complexity index is 1870. The second kappa shape index (κ2) is 16.0. The minimum atomic E-state index is -0.701. The SMILES string of the molecule is N#Cc1cccnc1N[C@@H]1CCN(C(=O)OC2C3CC4CC2CC(O)(C4)C3)C1.N[C@@H]1CCN(C(=O)OC2C3CC4CC2CC(O)(C4)C3)C1.[C-]#[N+]c1cccnc1F. The first-order valence-corrected chi connectivity index (χ1v) is 20.6. The lowest BCUT2D eigenvalue weighted by Gasteiger charge is -2.57. The van der Waals surface area contributed by atoms with Gasteiger partial charge in [0.05, 0.1) is 23.3 Å².